The zero-order valence-electron chi connectivity index (χ0n) is 17.4. The Labute approximate surface area is 185 Å². The molecule has 3 aromatic carbocycles. The maximum absolute atomic E-state index is 12.9. The highest BCUT2D eigenvalue weighted by atomic mass is 16.5. The number of ether oxygens (including phenoxy) is 1. The monoisotopic (exact) mass is 425 g/mol. The van der Waals surface area contributed by atoms with E-state index in [1.807, 2.05) is 91.0 Å². The second-order valence-electron chi connectivity index (χ2n) is 7.28. The topological polar surface area (TPSA) is 84.1 Å². The Balaban J connectivity index is 1.46. The Morgan fingerprint density at radius 1 is 0.844 bits per heavy atom. The zero-order chi connectivity index (χ0) is 22.2. The Morgan fingerprint density at radius 2 is 1.41 bits per heavy atom. The number of nitrogens with one attached hydrogen (secondary N) is 2. The standard InChI is InChI=1S/C26H23N3O3/c30-25-22(16-27-23(28-25)18-32-17-19-10-4-1-5-11-19)26(31)29-24(20-12-6-2-7-13-20)21-14-8-3-9-15-21/h1-16,24H,17-18H2,(H,29,31)(H,27,28,30). The van der Waals surface area contributed by atoms with Crippen LogP contribution in [0.5, 0.6) is 0 Å². The number of aromatic nitrogens is 2. The van der Waals surface area contributed by atoms with Gasteiger partial charge >= 0.3 is 0 Å². The van der Waals surface area contributed by atoms with Crippen molar-refractivity contribution in [1.29, 1.82) is 0 Å². The molecule has 6 nitrogen and oxygen atoms in total. The maximum atomic E-state index is 12.9. The van der Waals surface area contributed by atoms with Crippen LogP contribution in [0, 0.1) is 0 Å². The van der Waals surface area contributed by atoms with Gasteiger partial charge in [0.25, 0.3) is 11.5 Å². The van der Waals surface area contributed by atoms with Gasteiger partial charge in [-0.15, -0.1) is 0 Å². The van der Waals surface area contributed by atoms with Crippen LogP contribution >= 0.6 is 0 Å². The van der Waals surface area contributed by atoms with Gasteiger partial charge in [-0.3, -0.25) is 9.59 Å². The predicted octanol–water partition coefficient (Wildman–Crippen LogP) is 4.01. The van der Waals surface area contributed by atoms with Gasteiger partial charge in [0.05, 0.1) is 12.6 Å². The third-order valence-electron chi connectivity index (χ3n) is 4.99. The molecule has 0 saturated heterocycles. The van der Waals surface area contributed by atoms with Crippen LogP contribution in [0.1, 0.15) is 38.9 Å². The molecular weight excluding hydrogens is 402 g/mol. The smallest absolute Gasteiger partial charge is 0.263 e. The molecule has 160 valence electrons. The fourth-order valence-electron chi connectivity index (χ4n) is 3.37. The van der Waals surface area contributed by atoms with Gasteiger partial charge in [-0.2, -0.15) is 0 Å². The van der Waals surface area contributed by atoms with Crippen molar-refractivity contribution >= 4 is 5.91 Å². The molecule has 0 fully saturated rings. The summed E-state index contributed by atoms with van der Waals surface area (Å²) in [7, 11) is 0. The number of aromatic amines is 1. The fourth-order valence-corrected chi connectivity index (χ4v) is 3.37. The normalized spacial score (nSPS) is 10.8. The summed E-state index contributed by atoms with van der Waals surface area (Å²) in [5.41, 5.74) is 2.31. The van der Waals surface area contributed by atoms with Crippen LogP contribution in [0.4, 0.5) is 0 Å². The van der Waals surface area contributed by atoms with Crippen molar-refractivity contribution < 1.29 is 9.53 Å². The summed E-state index contributed by atoms with van der Waals surface area (Å²) in [5.74, 6) is -0.127. The lowest BCUT2D eigenvalue weighted by molar-refractivity contribution is 0.0937. The summed E-state index contributed by atoms with van der Waals surface area (Å²) in [6.07, 6.45) is 1.29. The van der Waals surface area contributed by atoms with E-state index in [0.29, 0.717) is 12.4 Å². The summed E-state index contributed by atoms with van der Waals surface area (Å²) in [4.78, 5) is 32.3. The van der Waals surface area contributed by atoms with Gasteiger partial charge in [0.2, 0.25) is 0 Å². The lowest BCUT2D eigenvalue weighted by Crippen LogP contribution is -2.34. The minimum Gasteiger partial charge on any atom is -0.369 e. The molecule has 1 heterocycles. The molecule has 0 spiro atoms. The van der Waals surface area contributed by atoms with Crippen molar-refractivity contribution in [1.82, 2.24) is 15.3 Å². The number of amides is 1. The molecule has 32 heavy (non-hydrogen) atoms. The van der Waals surface area contributed by atoms with Gasteiger partial charge < -0.3 is 15.0 Å². The molecule has 0 aliphatic rings. The van der Waals surface area contributed by atoms with E-state index in [4.69, 9.17) is 4.74 Å². The van der Waals surface area contributed by atoms with E-state index in [1.165, 1.54) is 6.20 Å². The Morgan fingerprint density at radius 3 is 1.97 bits per heavy atom. The average Bonchev–Trinajstić information content (AvgIpc) is 2.84. The van der Waals surface area contributed by atoms with Gasteiger partial charge in [0.15, 0.2) is 0 Å². The molecule has 4 aromatic rings. The summed E-state index contributed by atoms with van der Waals surface area (Å²) < 4.78 is 5.61. The molecule has 0 aliphatic heterocycles. The molecule has 0 atom stereocenters. The lowest BCUT2D eigenvalue weighted by atomic mass is 9.98. The predicted molar refractivity (Wildman–Crippen MR) is 122 cm³/mol. The van der Waals surface area contributed by atoms with Crippen molar-refractivity contribution in [2.24, 2.45) is 0 Å². The molecular formula is C26H23N3O3. The van der Waals surface area contributed by atoms with Crippen LogP contribution in [0.25, 0.3) is 0 Å². The molecule has 0 aliphatic carbocycles. The molecule has 4 rings (SSSR count). The number of hydrogen-bond acceptors (Lipinski definition) is 4. The first-order valence-corrected chi connectivity index (χ1v) is 10.3. The second kappa shape index (κ2) is 10.3. The van der Waals surface area contributed by atoms with E-state index in [0.717, 1.165) is 16.7 Å². The van der Waals surface area contributed by atoms with Crippen molar-refractivity contribution in [2.45, 2.75) is 19.3 Å². The van der Waals surface area contributed by atoms with E-state index in [1.54, 1.807) is 0 Å². The summed E-state index contributed by atoms with van der Waals surface area (Å²) >= 11 is 0. The Kier molecular flexibility index (Phi) is 6.84. The van der Waals surface area contributed by atoms with Gasteiger partial charge in [0.1, 0.15) is 18.0 Å². The average molecular weight is 425 g/mol. The van der Waals surface area contributed by atoms with Gasteiger partial charge in [-0.05, 0) is 16.7 Å². The number of benzene rings is 3. The maximum Gasteiger partial charge on any atom is 0.263 e. The number of rotatable bonds is 8. The lowest BCUT2D eigenvalue weighted by Gasteiger charge is -2.19. The van der Waals surface area contributed by atoms with Crippen LogP contribution in [0.2, 0.25) is 0 Å². The SMILES string of the molecule is O=C(NC(c1ccccc1)c1ccccc1)c1cnc(COCc2ccccc2)[nH]c1=O. The zero-order valence-corrected chi connectivity index (χ0v) is 17.4. The highest BCUT2D eigenvalue weighted by molar-refractivity contribution is 5.94. The molecule has 0 radical (unpaired) electrons. The number of H-pyrrole nitrogens is 1. The summed E-state index contributed by atoms with van der Waals surface area (Å²) in [5, 5.41) is 2.96. The first-order valence-electron chi connectivity index (χ1n) is 10.3. The van der Waals surface area contributed by atoms with Crippen molar-refractivity contribution in [3.63, 3.8) is 0 Å². The first kappa shape index (κ1) is 21.2. The van der Waals surface area contributed by atoms with E-state index in [-0.39, 0.29) is 12.2 Å². The van der Waals surface area contributed by atoms with Crippen LogP contribution in [0.15, 0.2) is 102 Å². The second-order valence-corrected chi connectivity index (χ2v) is 7.28. The molecule has 0 saturated carbocycles. The molecule has 6 heteroatoms. The Hall–Kier alpha value is -4.03. The molecule has 1 amide bonds. The number of nitrogens with zero attached hydrogens (tertiary/aromatic N) is 1. The minimum absolute atomic E-state index is 0.0475. The molecule has 0 bridgehead atoms. The van der Waals surface area contributed by atoms with Crippen molar-refractivity contribution in [3.8, 4) is 0 Å². The highest BCUT2D eigenvalue weighted by Gasteiger charge is 2.20. The van der Waals surface area contributed by atoms with Gasteiger partial charge in [0, 0.05) is 6.20 Å². The van der Waals surface area contributed by atoms with E-state index in [9.17, 15) is 9.59 Å². The molecule has 0 unspecified atom stereocenters. The number of carbonyl (C=O) groups excluding carboxylic acids is 1. The summed E-state index contributed by atoms with van der Waals surface area (Å²) in [6.45, 7) is 0.547. The van der Waals surface area contributed by atoms with Crippen LogP contribution in [0.3, 0.4) is 0 Å². The fraction of sp³-hybridized carbons (Fsp3) is 0.115. The van der Waals surface area contributed by atoms with E-state index in [2.05, 4.69) is 15.3 Å². The quantitative estimate of drug-likeness (QED) is 0.447. The third-order valence-corrected chi connectivity index (χ3v) is 4.99. The van der Waals surface area contributed by atoms with Crippen molar-refractivity contribution in [2.75, 3.05) is 0 Å². The van der Waals surface area contributed by atoms with Crippen molar-refractivity contribution in [3.05, 3.63) is 136 Å². The largest absolute Gasteiger partial charge is 0.369 e. The molecule has 1 aromatic heterocycles. The summed E-state index contributed by atoms with van der Waals surface area (Å²) in [6, 6.07) is 28.6. The van der Waals surface area contributed by atoms with Gasteiger partial charge in [-0.25, -0.2) is 4.98 Å². The van der Waals surface area contributed by atoms with E-state index < -0.39 is 17.5 Å². The number of hydrogen-bond donors (Lipinski definition) is 2. The minimum atomic E-state index is -0.504. The van der Waals surface area contributed by atoms with E-state index >= 15 is 0 Å². The third kappa shape index (κ3) is 5.36. The van der Waals surface area contributed by atoms with Crippen LogP contribution < -0.4 is 10.9 Å². The number of carbonyl (C=O) groups is 1. The first-order chi connectivity index (χ1) is 15.7. The van der Waals surface area contributed by atoms with Gasteiger partial charge in [-0.1, -0.05) is 91.0 Å². The van der Waals surface area contributed by atoms with Crippen LogP contribution in [-0.2, 0) is 18.0 Å². The Bertz CT molecular complexity index is 1170. The highest BCUT2D eigenvalue weighted by Crippen LogP contribution is 2.22. The molecule has 2 N–H and O–H groups in total. The van der Waals surface area contributed by atoms with Crippen LogP contribution in [-0.4, -0.2) is 15.9 Å².